The van der Waals surface area contributed by atoms with E-state index in [0.29, 0.717) is 0 Å². The molecule has 0 aromatic carbocycles. The van der Waals surface area contributed by atoms with E-state index in [0.717, 1.165) is 12.2 Å². The number of rotatable bonds is 4. The maximum absolute atomic E-state index is 6.03. The molecule has 0 unspecified atom stereocenters. The normalized spacial score (nSPS) is 12.8. The van der Waals surface area contributed by atoms with Gasteiger partial charge in [0.2, 0.25) is 8.32 Å². The Hall–Kier alpha value is 0.0469. The van der Waals surface area contributed by atoms with E-state index in [-0.39, 0.29) is 4.87 Å². The molecule has 0 saturated carbocycles. The maximum Gasteiger partial charge on any atom is 0.241 e. The average Bonchev–Trinajstić information content (AvgIpc) is 1.49. The van der Waals surface area contributed by atoms with Crippen LogP contribution in [0.4, 0.5) is 0 Å². The van der Waals surface area contributed by atoms with Crippen LogP contribution < -0.4 is 0 Å². The van der Waals surface area contributed by atoms with Gasteiger partial charge >= 0.3 is 0 Å². The first-order chi connectivity index (χ1) is 5.10. The molecular weight excluding hydrogens is 188 g/mol. The highest BCUT2D eigenvalue weighted by Crippen LogP contribution is 2.24. The van der Waals surface area contributed by atoms with Gasteiger partial charge in [0, 0.05) is 11.3 Å². The Bertz CT molecular complexity index is 146. The summed E-state index contributed by atoms with van der Waals surface area (Å²) in [6, 6.07) is 0. The van der Waals surface area contributed by atoms with Gasteiger partial charge in [-0.3, -0.25) is 0 Å². The SMILES string of the molecule is C=C(CC(C)(C)Cl)O[Si](C)(C)C. The molecule has 0 atom stereocenters. The molecular formula is C9H19ClOSi. The summed E-state index contributed by atoms with van der Waals surface area (Å²) in [5.74, 6) is 0.814. The quantitative estimate of drug-likeness (QED) is 0.387. The van der Waals surface area contributed by atoms with Crippen LogP contribution in [0.2, 0.25) is 19.6 Å². The van der Waals surface area contributed by atoms with Crippen LogP contribution in [0.15, 0.2) is 12.3 Å². The number of hydrogen-bond donors (Lipinski definition) is 0. The van der Waals surface area contributed by atoms with Crippen molar-refractivity contribution in [3.8, 4) is 0 Å². The van der Waals surface area contributed by atoms with Crippen molar-refractivity contribution in [2.75, 3.05) is 0 Å². The van der Waals surface area contributed by atoms with E-state index < -0.39 is 8.32 Å². The molecule has 0 aliphatic rings. The third-order valence-electron chi connectivity index (χ3n) is 1.07. The fourth-order valence-electron chi connectivity index (χ4n) is 0.938. The third-order valence-corrected chi connectivity index (χ3v) is 2.10. The van der Waals surface area contributed by atoms with E-state index in [1.165, 1.54) is 0 Å². The van der Waals surface area contributed by atoms with Crippen molar-refractivity contribution in [3.05, 3.63) is 12.3 Å². The Morgan fingerprint density at radius 2 is 1.83 bits per heavy atom. The van der Waals surface area contributed by atoms with Gasteiger partial charge in [0.25, 0.3) is 0 Å². The second kappa shape index (κ2) is 3.84. The molecule has 0 N–H and O–H groups in total. The Kier molecular flexibility index (Phi) is 3.85. The van der Waals surface area contributed by atoms with Crippen LogP contribution in [0.3, 0.4) is 0 Å². The molecule has 0 spiro atoms. The molecule has 0 rings (SSSR count). The summed E-state index contributed by atoms with van der Waals surface area (Å²) in [7, 11) is -1.48. The molecule has 0 aliphatic heterocycles. The zero-order valence-corrected chi connectivity index (χ0v) is 10.5. The maximum atomic E-state index is 6.03. The fraction of sp³-hybridized carbons (Fsp3) is 0.778. The minimum atomic E-state index is -1.48. The van der Waals surface area contributed by atoms with Crippen molar-refractivity contribution in [1.82, 2.24) is 0 Å². The Balaban J connectivity index is 3.92. The van der Waals surface area contributed by atoms with Gasteiger partial charge in [-0.1, -0.05) is 6.58 Å². The van der Waals surface area contributed by atoms with E-state index in [1.807, 2.05) is 13.8 Å². The number of allylic oxidation sites excluding steroid dienone is 1. The Labute approximate surface area is 81.9 Å². The zero-order chi connectivity index (χ0) is 9.99. The van der Waals surface area contributed by atoms with E-state index in [2.05, 4.69) is 26.2 Å². The minimum absolute atomic E-state index is 0.239. The molecule has 3 heteroatoms. The second-order valence-corrected chi connectivity index (χ2v) is 10.1. The highest BCUT2D eigenvalue weighted by atomic mass is 35.5. The van der Waals surface area contributed by atoms with E-state index >= 15 is 0 Å². The zero-order valence-electron chi connectivity index (χ0n) is 8.70. The first-order valence-electron chi connectivity index (χ1n) is 4.16. The monoisotopic (exact) mass is 206 g/mol. The number of halogens is 1. The summed E-state index contributed by atoms with van der Waals surface area (Å²) in [4.78, 5) is -0.239. The van der Waals surface area contributed by atoms with Crippen molar-refractivity contribution in [2.45, 2.75) is 44.8 Å². The van der Waals surface area contributed by atoms with E-state index in [4.69, 9.17) is 16.0 Å². The third kappa shape index (κ3) is 8.15. The molecule has 0 amide bonds. The lowest BCUT2D eigenvalue weighted by molar-refractivity contribution is 0.386. The first-order valence-corrected chi connectivity index (χ1v) is 7.94. The standard InChI is InChI=1S/C9H19ClOSi/c1-8(7-9(2,3)10)11-12(4,5)6/h1,7H2,2-6H3. The molecule has 72 valence electrons. The topological polar surface area (TPSA) is 9.23 Å². The summed E-state index contributed by atoms with van der Waals surface area (Å²) in [5, 5.41) is 0. The van der Waals surface area contributed by atoms with Crippen LogP contribution in [0.5, 0.6) is 0 Å². The molecule has 0 radical (unpaired) electrons. The van der Waals surface area contributed by atoms with Gasteiger partial charge in [-0.2, -0.15) is 0 Å². The van der Waals surface area contributed by atoms with Gasteiger partial charge in [-0.15, -0.1) is 11.6 Å². The molecule has 0 fully saturated rings. The average molecular weight is 207 g/mol. The van der Waals surface area contributed by atoms with Crippen LogP contribution in [0, 0.1) is 0 Å². The van der Waals surface area contributed by atoms with Gasteiger partial charge in [-0.05, 0) is 33.5 Å². The first kappa shape index (κ1) is 12.0. The van der Waals surface area contributed by atoms with Crippen molar-refractivity contribution < 1.29 is 4.43 Å². The molecule has 0 heterocycles. The molecule has 12 heavy (non-hydrogen) atoms. The van der Waals surface area contributed by atoms with Gasteiger partial charge in [0.1, 0.15) is 0 Å². The summed E-state index contributed by atoms with van der Waals surface area (Å²) in [5.41, 5.74) is 0. The highest BCUT2D eigenvalue weighted by molar-refractivity contribution is 6.70. The van der Waals surface area contributed by atoms with Crippen LogP contribution >= 0.6 is 11.6 Å². The molecule has 0 bridgehead atoms. The second-order valence-electron chi connectivity index (χ2n) is 4.65. The van der Waals surface area contributed by atoms with Gasteiger partial charge in [0.15, 0.2) is 0 Å². The van der Waals surface area contributed by atoms with E-state index in [1.54, 1.807) is 0 Å². The lowest BCUT2D eigenvalue weighted by Gasteiger charge is -2.24. The molecule has 0 aromatic heterocycles. The van der Waals surface area contributed by atoms with Crippen molar-refractivity contribution in [3.63, 3.8) is 0 Å². The predicted octanol–water partition coefficient (Wildman–Crippen LogP) is 3.76. The lowest BCUT2D eigenvalue weighted by Crippen LogP contribution is -2.26. The van der Waals surface area contributed by atoms with E-state index in [9.17, 15) is 0 Å². The predicted molar refractivity (Wildman–Crippen MR) is 58.1 cm³/mol. The number of alkyl halides is 1. The van der Waals surface area contributed by atoms with Crippen LogP contribution in [-0.2, 0) is 4.43 Å². The molecule has 0 saturated heterocycles. The fourth-order valence-corrected chi connectivity index (χ4v) is 2.03. The molecule has 0 aliphatic carbocycles. The van der Waals surface area contributed by atoms with Gasteiger partial charge in [-0.25, -0.2) is 0 Å². The van der Waals surface area contributed by atoms with Crippen LogP contribution in [0.1, 0.15) is 20.3 Å². The largest absolute Gasteiger partial charge is 0.548 e. The summed E-state index contributed by atoms with van der Waals surface area (Å²) < 4.78 is 5.67. The van der Waals surface area contributed by atoms with Crippen molar-refractivity contribution >= 4 is 19.9 Å². The Morgan fingerprint density at radius 1 is 1.42 bits per heavy atom. The Morgan fingerprint density at radius 3 is 2.08 bits per heavy atom. The summed E-state index contributed by atoms with van der Waals surface area (Å²) in [6.07, 6.45) is 0.721. The van der Waals surface area contributed by atoms with Gasteiger partial charge < -0.3 is 4.43 Å². The minimum Gasteiger partial charge on any atom is -0.548 e. The lowest BCUT2D eigenvalue weighted by atomic mass is 10.1. The molecule has 1 nitrogen and oxygen atoms in total. The highest BCUT2D eigenvalue weighted by Gasteiger charge is 2.21. The smallest absolute Gasteiger partial charge is 0.241 e. The number of hydrogen-bond acceptors (Lipinski definition) is 1. The summed E-state index contributed by atoms with van der Waals surface area (Å²) in [6.45, 7) is 14.2. The van der Waals surface area contributed by atoms with Crippen LogP contribution in [0.25, 0.3) is 0 Å². The summed E-state index contributed by atoms with van der Waals surface area (Å²) >= 11 is 6.03. The van der Waals surface area contributed by atoms with Crippen LogP contribution in [-0.4, -0.2) is 13.2 Å². The molecule has 0 aromatic rings. The van der Waals surface area contributed by atoms with Crippen molar-refractivity contribution in [1.29, 1.82) is 0 Å². The van der Waals surface area contributed by atoms with Crippen molar-refractivity contribution in [2.24, 2.45) is 0 Å². The van der Waals surface area contributed by atoms with Gasteiger partial charge in [0.05, 0.1) is 5.76 Å².